The number of sulfonamides is 1. The molecule has 6 nitrogen and oxygen atoms in total. The zero-order chi connectivity index (χ0) is 22.4. The summed E-state index contributed by atoms with van der Waals surface area (Å²) in [6.07, 6.45) is 0. The summed E-state index contributed by atoms with van der Waals surface area (Å²) in [5, 5.41) is 2.42. The van der Waals surface area contributed by atoms with Gasteiger partial charge in [-0.15, -0.1) is 0 Å². The number of rotatable bonds is 8. The van der Waals surface area contributed by atoms with Crippen LogP contribution in [0.25, 0.3) is 0 Å². The average molecular weight is 507 g/mol. The van der Waals surface area contributed by atoms with Crippen LogP contribution in [0.1, 0.15) is 5.56 Å². The lowest BCUT2D eigenvalue weighted by Crippen LogP contribution is -2.26. The van der Waals surface area contributed by atoms with Gasteiger partial charge in [-0.1, -0.05) is 46.3 Å². The molecule has 3 aromatic rings. The van der Waals surface area contributed by atoms with Crippen molar-refractivity contribution in [2.45, 2.75) is 11.4 Å². The molecule has 0 aromatic heterocycles. The predicted octanol–water partition coefficient (Wildman–Crippen LogP) is 4.43. The second-order valence-corrected chi connectivity index (χ2v) is 9.64. The van der Waals surface area contributed by atoms with Crippen molar-refractivity contribution in [1.82, 2.24) is 4.31 Å². The summed E-state index contributed by atoms with van der Waals surface area (Å²) in [7, 11) is -2.17. The highest BCUT2D eigenvalue weighted by molar-refractivity contribution is 9.10. The molecule has 3 aromatic carbocycles. The van der Waals surface area contributed by atoms with Crippen LogP contribution in [-0.4, -0.2) is 32.3 Å². The highest BCUT2D eigenvalue weighted by Crippen LogP contribution is 2.21. The molecule has 0 saturated carbocycles. The Labute approximate surface area is 188 Å². The fourth-order valence-corrected chi connectivity index (χ4v) is 4.23. The first-order valence-electron chi connectivity index (χ1n) is 9.24. The number of hydrogen-bond acceptors (Lipinski definition) is 4. The van der Waals surface area contributed by atoms with Crippen LogP contribution >= 0.6 is 15.9 Å². The number of amides is 1. The van der Waals surface area contributed by atoms with Crippen LogP contribution < -0.4 is 10.1 Å². The largest absolute Gasteiger partial charge is 0.484 e. The van der Waals surface area contributed by atoms with Crippen LogP contribution in [0.2, 0.25) is 0 Å². The number of ether oxygens (including phenoxy) is 1. The van der Waals surface area contributed by atoms with Crippen molar-refractivity contribution < 1.29 is 22.3 Å². The molecule has 0 heterocycles. The lowest BCUT2D eigenvalue weighted by molar-refractivity contribution is -0.118. The van der Waals surface area contributed by atoms with E-state index in [-0.39, 0.29) is 23.7 Å². The molecule has 0 aliphatic rings. The molecular weight excluding hydrogens is 487 g/mol. The summed E-state index contributed by atoms with van der Waals surface area (Å²) < 4.78 is 46.5. The second kappa shape index (κ2) is 10.0. The maximum atomic E-state index is 13.8. The Hall–Kier alpha value is -2.75. The third-order valence-corrected chi connectivity index (χ3v) is 6.67. The Balaban J connectivity index is 1.58. The summed E-state index contributed by atoms with van der Waals surface area (Å²) in [6.45, 7) is -0.107. The number of hydrogen-bond donors (Lipinski definition) is 1. The number of carbonyl (C=O) groups is 1. The molecule has 1 amide bonds. The predicted molar refractivity (Wildman–Crippen MR) is 120 cm³/mol. The van der Waals surface area contributed by atoms with Gasteiger partial charge in [-0.3, -0.25) is 4.79 Å². The van der Waals surface area contributed by atoms with Crippen molar-refractivity contribution >= 4 is 37.5 Å². The van der Waals surface area contributed by atoms with E-state index in [9.17, 15) is 17.6 Å². The summed E-state index contributed by atoms with van der Waals surface area (Å²) in [6, 6.07) is 19.3. The summed E-state index contributed by atoms with van der Waals surface area (Å²) in [4.78, 5) is 12.1. The molecule has 0 aliphatic carbocycles. The number of benzene rings is 3. The molecule has 0 fully saturated rings. The molecule has 1 N–H and O–H groups in total. The maximum absolute atomic E-state index is 13.8. The SMILES string of the molecule is CN(Cc1ccccc1)S(=O)(=O)c1ccc(OCC(=O)Nc2ccc(Br)cc2F)cc1. The van der Waals surface area contributed by atoms with E-state index in [0.29, 0.717) is 10.2 Å². The van der Waals surface area contributed by atoms with Crippen LogP contribution in [0.15, 0.2) is 82.2 Å². The fraction of sp³-hybridized carbons (Fsp3) is 0.136. The number of nitrogens with zero attached hydrogens (tertiary/aromatic N) is 1. The van der Waals surface area contributed by atoms with Gasteiger partial charge in [0, 0.05) is 18.1 Å². The Kier molecular flexibility index (Phi) is 7.42. The molecule has 0 aliphatic heterocycles. The smallest absolute Gasteiger partial charge is 0.262 e. The van der Waals surface area contributed by atoms with Gasteiger partial charge in [0.25, 0.3) is 5.91 Å². The highest BCUT2D eigenvalue weighted by atomic mass is 79.9. The van der Waals surface area contributed by atoms with E-state index in [2.05, 4.69) is 21.2 Å². The van der Waals surface area contributed by atoms with Gasteiger partial charge in [0.2, 0.25) is 10.0 Å². The third kappa shape index (κ3) is 6.13. The molecule has 0 atom stereocenters. The Morgan fingerprint density at radius 2 is 1.74 bits per heavy atom. The first kappa shape index (κ1) is 22.9. The molecule has 0 unspecified atom stereocenters. The number of halogens is 2. The average Bonchev–Trinajstić information content (AvgIpc) is 2.75. The van der Waals surface area contributed by atoms with Gasteiger partial charge >= 0.3 is 0 Å². The van der Waals surface area contributed by atoms with E-state index in [0.717, 1.165) is 5.56 Å². The monoisotopic (exact) mass is 506 g/mol. The molecule has 0 spiro atoms. The zero-order valence-corrected chi connectivity index (χ0v) is 19.0. The lowest BCUT2D eigenvalue weighted by Gasteiger charge is -2.17. The minimum absolute atomic E-state index is 0.0414. The molecule has 0 bridgehead atoms. The van der Waals surface area contributed by atoms with Crippen LogP contribution in [0.4, 0.5) is 10.1 Å². The summed E-state index contributed by atoms with van der Waals surface area (Å²) in [5.74, 6) is -0.798. The van der Waals surface area contributed by atoms with Gasteiger partial charge in [-0.2, -0.15) is 4.31 Å². The molecule has 0 saturated heterocycles. The van der Waals surface area contributed by atoms with Crippen LogP contribution in [0.3, 0.4) is 0 Å². The van der Waals surface area contributed by atoms with Crippen LogP contribution in [0, 0.1) is 5.82 Å². The third-order valence-electron chi connectivity index (χ3n) is 4.36. The first-order chi connectivity index (χ1) is 14.8. The fourth-order valence-electron chi connectivity index (χ4n) is 2.74. The number of nitrogens with one attached hydrogen (secondary N) is 1. The maximum Gasteiger partial charge on any atom is 0.262 e. The van der Waals surface area contributed by atoms with Crippen molar-refractivity contribution in [1.29, 1.82) is 0 Å². The molecule has 9 heteroatoms. The van der Waals surface area contributed by atoms with E-state index < -0.39 is 21.7 Å². The van der Waals surface area contributed by atoms with Gasteiger partial charge in [0.05, 0.1) is 10.6 Å². The van der Waals surface area contributed by atoms with Gasteiger partial charge in [0.1, 0.15) is 11.6 Å². The van der Waals surface area contributed by atoms with Gasteiger partial charge in [0.15, 0.2) is 6.61 Å². The second-order valence-electron chi connectivity index (χ2n) is 6.68. The van der Waals surface area contributed by atoms with Crippen molar-refractivity contribution in [3.8, 4) is 5.75 Å². The quantitative estimate of drug-likeness (QED) is 0.490. The minimum Gasteiger partial charge on any atom is -0.484 e. The molecule has 3 rings (SSSR count). The van der Waals surface area contributed by atoms with Crippen LogP contribution in [-0.2, 0) is 21.4 Å². The van der Waals surface area contributed by atoms with Crippen molar-refractivity contribution in [2.75, 3.05) is 19.0 Å². The van der Waals surface area contributed by atoms with Crippen molar-refractivity contribution in [2.24, 2.45) is 0 Å². The molecule has 31 heavy (non-hydrogen) atoms. The first-order valence-corrected chi connectivity index (χ1v) is 11.5. The minimum atomic E-state index is -3.68. The lowest BCUT2D eigenvalue weighted by atomic mass is 10.2. The Bertz CT molecular complexity index is 1160. The van der Waals surface area contributed by atoms with Gasteiger partial charge in [-0.05, 0) is 48.0 Å². The zero-order valence-electron chi connectivity index (χ0n) is 16.6. The Morgan fingerprint density at radius 3 is 2.39 bits per heavy atom. The van der Waals surface area contributed by atoms with Crippen molar-refractivity contribution in [3.63, 3.8) is 0 Å². The summed E-state index contributed by atoms with van der Waals surface area (Å²) in [5.41, 5.74) is 0.918. The van der Waals surface area contributed by atoms with E-state index >= 15 is 0 Å². The van der Waals surface area contributed by atoms with Crippen LogP contribution in [0.5, 0.6) is 5.75 Å². The molecule has 162 valence electrons. The van der Waals surface area contributed by atoms with Crippen molar-refractivity contribution in [3.05, 3.63) is 88.6 Å². The summed E-state index contributed by atoms with van der Waals surface area (Å²) >= 11 is 3.15. The standard InChI is InChI=1S/C22H20BrFN2O4S/c1-26(14-16-5-3-2-4-6-16)31(28,29)19-10-8-18(9-11-19)30-15-22(27)25-21-12-7-17(23)13-20(21)24/h2-13H,14-15H2,1H3,(H,25,27). The normalized spacial score (nSPS) is 11.4. The Morgan fingerprint density at radius 1 is 1.06 bits per heavy atom. The van der Waals surface area contributed by atoms with E-state index in [1.54, 1.807) is 6.07 Å². The van der Waals surface area contributed by atoms with E-state index in [4.69, 9.17) is 4.74 Å². The topological polar surface area (TPSA) is 75.7 Å². The van der Waals surface area contributed by atoms with Gasteiger partial charge < -0.3 is 10.1 Å². The van der Waals surface area contributed by atoms with E-state index in [1.807, 2.05) is 30.3 Å². The number of carbonyl (C=O) groups excluding carboxylic acids is 1. The molecule has 0 radical (unpaired) electrons. The van der Waals surface area contributed by atoms with Gasteiger partial charge in [-0.25, -0.2) is 12.8 Å². The highest BCUT2D eigenvalue weighted by Gasteiger charge is 2.21. The molecular formula is C22H20BrFN2O4S. The van der Waals surface area contributed by atoms with E-state index in [1.165, 1.54) is 47.8 Å². The number of anilines is 1.